The van der Waals surface area contributed by atoms with Gasteiger partial charge >= 0.3 is 5.97 Å². The molecule has 1 aliphatic rings. The Morgan fingerprint density at radius 3 is 3.00 bits per heavy atom. The molecular weight excluding hydrogens is 228 g/mol. The van der Waals surface area contributed by atoms with Gasteiger partial charge in [0, 0.05) is 23.6 Å². The van der Waals surface area contributed by atoms with E-state index in [1.54, 1.807) is 12.1 Å². The minimum Gasteiger partial charge on any atom is -0.478 e. The largest absolute Gasteiger partial charge is 0.478 e. The van der Waals surface area contributed by atoms with Crippen LogP contribution in [0.4, 0.5) is 0 Å². The van der Waals surface area contributed by atoms with Gasteiger partial charge in [-0.1, -0.05) is 0 Å². The molecule has 1 saturated heterocycles. The molecule has 1 aromatic carbocycles. The van der Waals surface area contributed by atoms with Gasteiger partial charge in [-0.2, -0.15) is 0 Å². The Balaban J connectivity index is 2.06. The highest BCUT2D eigenvalue weighted by Gasteiger charge is 2.23. The molecule has 18 heavy (non-hydrogen) atoms. The number of aromatic nitrogens is 1. The van der Waals surface area contributed by atoms with E-state index in [0.717, 1.165) is 30.4 Å². The molecule has 1 aliphatic heterocycles. The number of nitrogens with zero attached hydrogens (tertiary/aromatic N) is 1. The van der Waals surface area contributed by atoms with Crippen LogP contribution >= 0.6 is 0 Å². The molecule has 1 aromatic heterocycles. The van der Waals surface area contributed by atoms with Gasteiger partial charge in [-0.3, -0.25) is 0 Å². The molecule has 2 N–H and O–H groups in total. The van der Waals surface area contributed by atoms with E-state index in [4.69, 9.17) is 5.11 Å². The topological polar surface area (TPSA) is 56.3 Å². The van der Waals surface area contributed by atoms with Gasteiger partial charge < -0.3 is 15.0 Å². The predicted octanol–water partition coefficient (Wildman–Crippen LogP) is 2.29. The van der Waals surface area contributed by atoms with Crippen molar-refractivity contribution in [2.24, 2.45) is 0 Å². The lowest BCUT2D eigenvalue weighted by Gasteiger charge is -2.09. The molecule has 0 bridgehead atoms. The number of H-pyrrole nitrogens is 1. The molecule has 2 aromatic rings. The van der Waals surface area contributed by atoms with Gasteiger partial charge in [-0.15, -0.1) is 0 Å². The Kier molecular flexibility index (Phi) is 2.59. The quantitative estimate of drug-likeness (QED) is 0.852. The van der Waals surface area contributed by atoms with Crippen LogP contribution in [0.25, 0.3) is 10.9 Å². The molecule has 0 amide bonds. The molecule has 3 rings (SSSR count). The van der Waals surface area contributed by atoms with Crippen molar-refractivity contribution in [2.75, 3.05) is 20.1 Å². The van der Waals surface area contributed by atoms with Crippen molar-refractivity contribution in [3.63, 3.8) is 0 Å². The zero-order valence-corrected chi connectivity index (χ0v) is 10.3. The minimum atomic E-state index is -0.868. The molecule has 94 valence electrons. The first kappa shape index (κ1) is 11.3. The molecule has 4 nitrogen and oxygen atoms in total. The van der Waals surface area contributed by atoms with Crippen molar-refractivity contribution >= 4 is 16.9 Å². The lowest BCUT2D eigenvalue weighted by molar-refractivity contribution is 0.0697. The molecule has 1 fully saturated rings. The number of fused-ring (bicyclic) bond motifs is 1. The summed E-state index contributed by atoms with van der Waals surface area (Å²) in [6.45, 7) is 2.15. The smallest absolute Gasteiger partial charge is 0.335 e. The third-order valence-electron chi connectivity index (χ3n) is 3.79. The Hall–Kier alpha value is -1.81. The Morgan fingerprint density at radius 2 is 2.33 bits per heavy atom. The van der Waals surface area contributed by atoms with E-state index in [2.05, 4.69) is 16.9 Å². The van der Waals surface area contributed by atoms with Crippen LogP contribution < -0.4 is 0 Å². The number of hydrogen-bond acceptors (Lipinski definition) is 2. The fourth-order valence-corrected chi connectivity index (χ4v) is 2.80. The number of aromatic carboxylic acids is 1. The average Bonchev–Trinajstić information content (AvgIpc) is 2.93. The number of carboxylic acids is 1. The van der Waals surface area contributed by atoms with Crippen molar-refractivity contribution in [3.05, 3.63) is 35.5 Å². The second kappa shape index (κ2) is 4.14. The zero-order valence-electron chi connectivity index (χ0n) is 10.3. The molecule has 1 atom stereocenters. The van der Waals surface area contributed by atoms with E-state index in [-0.39, 0.29) is 0 Å². The van der Waals surface area contributed by atoms with Crippen molar-refractivity contribution in [1.82, 2.24) is 9.88 Å². The maximum atomic E-state index is 11.0. The molecule has 2 heterocycles. The lowest BCUT2D eigenvalue weighted by atomic mass is 9.97. The predicted molar refractivity (Wildman–Crippen MR) is 70.1 cm³/mol. The van der Waals surface area contributed by atoms with Gasteiger partial charge in [0.2, 0.25) is 0 Å². The summed E-state index contributed by atoms with van der Waals surface area (Å²) in [6.07, 6.45) is 3.17. The molecular formula is C14H16N2O2. The fourth-order valence-electron chi connectivity index (χ4n) is 2.80. The van der Waals surface area contributed by atoms with Gasteiger partial charge in [0.05, 0.1) is 5.56 Å². The highest BCUT2D eigenvalue weighted by molar-refractivity contribution is 5.94. The first-order valence-corrected chi connectivity index (χ1v) is 6.18. The number of aromatic amines is 1. The zero-order chi connectivity index (χ0) is 12.7. The van der Waals surface area contributed by atoms with Crippen LogP contribution in [0.2, 0.25) is 0 Å². The summed E-state index contributed by atoms with van der Waals surface area (Å²) in [7, 11) is 2.12. The summed E-state index contributed by atoms with van der Waals surface area (Å²) in [5.74, 6) is -0.361. The number of carbonyl (C=O) groups is 1. The van der Waals surface area contributed by atoms with Crippen LogP contribution in [-0.4, -0.2) is 41.1 Å². The van der Waals surface area contributed by atoms with Crippen molar-refractivity contribution in [1.29, 1.82) is 0 Å². The summed E-state index contributed by atoms with van der Waals surface area (Å²) in [5, 5.41) is 10.1. The van der Waals surface area contributed by atoms with E-state index in [1.165, 1.54) is 5.56 Å². The summed E-state index contributed by atoms with van der Waals surface area (Å²) < 4.78 is 0. The second-order valence-corrected chi connectivity index (χ2v) is 5.06. The van der Waals surface area contributed by atoms with E-state index < -0.39 is 5.97 Å². The lowest BCUT2D eigenvalue weighted by Crippen LogP contribution is -2.13. The number of likely N-dealkylation sites (N-methyl/N-ethyl adjacent to an activating group) is 1. The maximum Gasteiger partial charge on any atom is 0.335 e. The van der Waals surface area contributed by atoms with Crippen molar-refractivity contribution in [3.8, 4) is 0 Å². The number of hydrogen-bond donors (Lipinski definition) is 2. The monoisotopic (exact) mass is 244 g/mol. The van der Waals surface area contributed by atoms with Gasteiger partial charge in [0.15, 0.2) is 0 Å². The van der Waals surface area contributed by atoms with Gasteiger partial charge in [-0.25, -0.2) is 4.79 Å². The molecule has 1 unspecified atom stereocenters. The SMILES string of the molecule is CN1CCC(c2c[nH]c3ccc(C(=O)O)cc23)C1. The van der Waals surface area contributed by atoms with E-state index in [9.17, 15) is 4.79 Å². The number of likely N-dealkylation sites (tertiary alicyclic amines) is 1. The van der Waals surface area contributed by atoms with Crippen LogP contribution in [0.3, 0.4) is 0 Å². The number of carboxylic acid groups (broad SMARTS) is 1. The Morgan fingerprint density at radius 1 is 1.50 bits per heavy atom. The van der Waals surface area contributed by atoms with Crippen molar-refractivity contribution in [2.45, 2.75) is 12.3 Å². The Labute approximate surface area is 105 Å². The standard InChI is InChI=1S/C14H16N2O2/c1-16-5-4-10(8-16)12-7-15-13-3-2-9(14(17)18)6-11(12)13/h2-3,6-7,10,15H,4-5,8H2,1H3,(H,17,18). The summed E-state index contributed by atoms with van der Waals surface area (Å²) in [4.78, 5) is 16.6. The fraction of sp³-hybridized carbons (Fsp3) is 0.357. The summed E-state index contributed by atoms with van der Waals surface area (Å²) >= 11 is 0. The number of nitrogens with one attached hydrogen (secondary N) is 1. The van der Waals surface area contributed by atoms with Crippen LogP contribution in [0.15, 0.2) is 24.4 Å². The molecule has 0 aliphatic carbocycles. The van der Waals surface area contributed by atoms with E-state index >= 15 is 0 Å². The molecule has 0 spiro atoms. The van der Waals surface area contributed by atoms with Crippen LogP contribution in [0.1, 0.15) is 28.3 Å². The first-order valence-electron chi connectivity index (χ1n) is 6.18. The number of rotatable bonds is 2. The Bertz CT molecular complexity index is 603. The number of benzene rings is 1. The minimum absolute atomic E-state index is 0.356. The maximum absolute atomic E-state index is 11.0. The third kappa shape index (κ3) is 1.78. The van der Waals surface area contributed by atoms with Crippen LogP contribution in [0, 0.1) is 0 Å². The molecule has 0 saturated carbocycles. The molecule has 0 radical (unpaired) electrons. The summed E-state index contributed by atoms with van der Waals surface area (Å²) in [5.41, 5.74) is 2.62. The van der Waals surface area contributed by atoms with Crippen LogP contribution in [0.5, 0.6) is 0 Å². The van der Waals surface area contributed by atoms with Crippen LogP contribution in [-0.2, 0) is 0 Å². The average molecular weight is 244 g/mol. The highest BCUT2D eigenvalue weighted by Crippen LogP contribution is 2.32. The third-order valence-corrected chi connectivity index (χ3v) is 3.79. The van der Waals surface area contributed by atoms with E-state index in [0.29, 0.717) is 11.5 Å². The van der Waals surface area contributed by atoms with Gasteiger partial charge in [-0.05, 0) is 49.7 Å². The van der Waals surface area contributed by atoms with E-state index in [1.807, 2.05) is 12.3 Å². The van der Waals surface area contributed by atoms with Gasteiger partial charge in [0.25, 0.3) is 0 Å². The first-order chi connectivity index (χ1) is 8.65. The second-order valence-electron chi connectivity index (χ2n) is 5.06. The van der Waals surface area contributed by atoms with Crippen molar-refractivity contribution < 1.29 is 9.90 Å². The summed E-state index contributed by atoms with van der Waals surface area (Å²) in [6, 6.07) is 5.27. The van der Waals surface area contributed by atoms with Gasteiger partial charge in [0.1, 0.15) is 0 Å². The molecule has 4 heteroatoms. The normalized spacial score (nSPS) is 20.6. The highest BCUT2D eigenvalue weighted by atomic mass is 16.4.